The molecule has 4 rings (SSSR count). The Morgan fingerprint density at radius 3 is 2.92 bits per heavy atom. The van der Waals surface area contributed by atoms with Crippen molar-refractivity contribution in [1.82, 2.24) is 19.9 Å². The third kappa shape index (κ3) is 3.29. The topological polar surface area (TPSA) is 54.4 Å². The summed E-state index contributed by atoms with van der Waals surface area (Å²) < 4.78 is 5.73. The summed E-state index contributed by atoms with van der Waals surface area (Å²) in [7, 11) is 0. The van der Waals surface area contributed by atoms with Gasteiger partial charge in [-0.15, -0.1) is 11.3 Å². The number of nitrogens with zero attached hydrogens (tertiary/aromatic N) is 5. The molecule has 0 saturated carbocycles. The molecule has 0 radical (unpaired) electrons. The lowest BCUT2D eigenvalue weighted by molar-refractivity contribution is -0.0155. The predicted octanol–water partition coefficient (Wildman–Crippen LogP) is 2.42. The first-order chi connectivity index (χ1) is 11.8. The third-order valence-corrected chi connectivity index (χ3v) is 5.74. The van der Waals surface area contributed by atoms with Gasteiger partial charge in [0.15, 0.2) is 0 Å². The maximum Gasteiger partial charge on any atom is 0.150 e. The van der Waals surface area contributed by atoms with Gasteiger partial charge in [-0.2, -0.15) is 0 Å². The molecule has 0 spiro atoms. The number of hydrogen-bond acceptors (Lipinski definition) is 7. The van der Waals surface area contributed by atoms with Gasteiger partial charge >= 0.3 is 0 Å². The van der Waals surface area contributed by atoms with E-state index in [1.807, 2.05) is 17.8 Å². The van der Waals surface area contributed by atoms with Gasteiger partial charge in [-0.3, -0.25) is 4.90 Å². The van der Waals surface area contributed by atoms with Crippen LogP contribution in [0.3, 0.4) is 0 Å². The van der Waals surface area contributed by atoms with Crippen LogP contribution in [0, 0.1) is 6.92 Å². The molecule has 0 bridgehead atoms. The van der Waals surface area contributed by atoms with E-state index in [0.29, 0.717) is 6.61 Å². The average molecular weight is 345 g/mol. The van der Waals surface area contributed by atoms with Gasteiger partial charge in [-0.25, -0.2) is 15.0 Å². The van der Waals surface area contributed by atoms with Crippen LogP contribution in [0.5, 0.6) is 0 Å². The highest BCUT2D eigenvalue weighted by atomic mass is 32.1. The summed E-state index contributed by atoms with van der Waals surface area (Å²) >= 11 is 1.72. The normalized spacial score (nSPS) is 22.2. The van der Waals surface area contributed by atoms with Crippen molar-refractivity contribution < 1.29 is 4.74 Å². The van der Waals surface area contributed by atoms with E-state index in [2.05, 4.69) is 26.7 Å². The van der Waals surface area contributed by atoms with E-state index in [4.69, 9.17) is 9.72 Å². The highest BCUT2D eigenvalue weighted by Crippen LogP contribution is 2.27. The molecule has 128 valence electrons. The minimum atomic E-state index is 0.114. The van der Waals surface area contributed by atoms with Gasteiger partial charge < -0.3 is 9.64 Å². The van der Waals surface area contributed by atoms with Crippen molar-refractivity contribution in [2.24, 2.45) is 0 Å². The second kappa shape index (κ2) is 7.13. The summed E-state index contributed by atoms with van der Waals surface area (Å²) in [5.74, 6) is 1.93. The Morgan fingerprint density at radius 1 is 1.25 bits per heavy atom. The van der Waals surface area contributed by atoms with E-state index in [0.717, 1.165) is 50.1 Å². The van der Waals surface area contributed by atoms with Crippen molar-refractivity contribution in [2.75, 3.05) is 37.7 Å². The minimum absolute atomic E-state index is 0.114. The van der Waals surface area contributed by atoms with Gasteiger partial charge in [0, 0.05) is 37.3 Å². The van der Waals surface area contributed by atoms with E-state index in [1.165, 1.54) is 17.7 Å². The molecule has 7 heteroatoms. The van der Waals surface area contributed by atoms with Crippen molar-refractivity contribution in [3.63, 3.8) is 0 Å². The van der Waals surface area contributed by atoms with Gasteiger partial charge in [0.2, 0.25) is 0 Å². The second-order valence-corrected chi connectivity index (χ2v) is 7.33. The Bertz CT molecular complexity index is 685. The smallest absolute Gasteiger partial charge is 0.150 e. The average Bonchev–Trinajstić information content (AvgIpc) is 3.28. The van der Waals surface area contributed by atoms with E-state index in [1.54, 1.807) is 11.3 Å². The van der Waals surface area contributed by atoms with Crippen LogP contribution >= 0.6 is 11.3 Å². The summed E-state index contributed by atoms with van der Waals surface area (Å²) in [5.41, 5.74) is 3.04. The molecule has 2 aliphatic rings. The standard InChI is InChI=1S/C17H23N5OS/c1-13-15(24-12-19-13)10-22-8-9-23-11-14(22)17-18-5-4-16(20-17)21-6-2-3-7-21/h4-5,12,14H,2-3,6-11H2,1H3/t14-/m0/s1. The monoisotopic (exact) mass is 345 g/mol. The van der Waals surface area contributed by atoms with Crippen molar-refractivity contribution in [3.8, 4) is 0 Å². The van der Waals surface area contributed by atoms with Crippen LogP contribution in [-0.4, -0.2) is 52.7 Å². The number of anilines is 1. The first kappa shape index (κ1) is 15.9. The summed E-state index contributed by atoms with van der Waals surface area (Å²) in [6.07, 6.45) is 4.39. The van der Waals surface area contributed by atoms with Crippen LogP contribution in [0.4, 0.5) is 5.82 Å². The molecule has 0 amide bonds. The van der Waals surface area contributed by atoms with Crippen LogP contribution in [0.1, 0.15) is 35.3 Å². The lowest BCUT2D eigenvalue weighted by Crippen LogP contribution is -2.40. The molecule has 1 atom stereocenters. The number of ether oxygens (including phenoxy) is 1. The first-order valence-corrected chi connectivity index (χ1v) is 9.48. The van der Waals surface area contributed by atoms with Crippen molar-refractivity contribution in [1.29, 1.82) is 0 Å². The third-order valence-electron chi connectivity index (χ3n) is 4.82. The number of aromatic nitrogens is 3. The number of rotatable bonds is 4. The van der Waals surface area contributed by atoms with Gasteiger partial charge in [0.1, 0.15) is 11.6 Å². The number of hydrogen-bond donors (Lipinski definition) is 0. The molecular formula is C17H23N5OS. The lowest BCUT2D eigenvalue weighted by atomic mass is 10.2. The van der Waals surface area contributed by atoms with Gasteiger partial charge in [0.05, 0.1) is 30.5 Å². The molecule has 2 aliphatic heterocycles. The molecule has 0 aromatic carbocycles. The summed E-state index contributed by atoms with van der Waals surface area (Å²) in [6, 6.07) is 2.14. The maximum absolute atomic E-state index is 5.73. The highest BCUT2D eigenvalue weighted by Gasteiger charge is 2.28. The zero-order chi connectivity index (χ0) is 16.4. The summed E-state index contributed by atoms with van der Waals surface area (Å²) in [6.45, 7) is 7.48. The molecule has 4 heterocycles. The Kier molecular flexibility index (Phi) is 4.73. The van der Waals surface area contributed by atoms with Crippen molar-refractivity contribution in [3.05, 3.63) is 34.2 Å². The summed E-state index contributed by atoms with van der Waals surface area (Å²) in [4.78, 5) is 19.9. The van der Waals surface area contributed by atoms with Gasteiger partial charge in [-0.05, 0) is 25.8 Å². The molecule has 2 fully saturated rings. The Morgan fingerprint density at radius 2 is 2.12 bits per heavy atom. The Labute approximate surface area is 146 Å². The Balaban J connectivity index is 1.56. The molecule has 0 unspecified atom stereocenters. The molecular weight excluding hydrogens is 322 g/mol. The molecule has 24 heavy (non-hydrogen) atoms. The molecule has 2 saturated heterocycles. The molecule has 2 aromatic heterocycles. The number of thiazole rings is 1. The Hall–Kier alpha value is -1.57. The zero-order valence-electron chi connectivity index (χ0n) is 14.0. The fourth-order valence-electron chi connectivity index (χ4n) is 3.37. The first-order valence-electron chi connectivity index (χ1n) is 8.60. The van der Waals surface area contributed by atoms with E-state index >= 15 is 0 Å². The van der Waals surface area contributed by atoms with E-state index < -0.39 is 0 Å². The minimum Gasteiger partial charge on any atom is -0.378 e. The van der Waals surface area contributed by atoms with E-state index in [-0.39, 0.29) is 6.04 Å². The lowest BCUT2D eigenvalue weighted by Gasteiger charge is -2.34. The number of morpholine rings is 1. The fraction of sp³-hybridized carbons (Fsp3) is 0.588. The van der Waals surface area contributed by atoms with Crippen LogP contribution < -0.4 is 4.90 Å². The van der Waals surface area contributed by atoms with Crippen molar-refractivity contribution >= 4 is 17.2 Å². The fourth-order valence-corrected chi connectivity index (χ4v) is 4.18. The van der Waals surface area contributed by atoms with Gasteiger partial charge in [-0.1, -0.05) is 0 Å². The number of aryl methyl sites for hydroxylation is 1. The van der Waals surface area contributed by atoms with Gasteiger partial charge in [0.25, 0.3) is 0 Å². The SMILES string of the molecule is Cc1ncsc1CN1CCOC[C@H]1c1nccc(N2CCCC2)n1. The summed E-state index contributed by atoms with van der Waals surface area (Å²) in [5, 5.41) is 0. The van der Waals surface area contributed by atoms with E-state index in [9.17, 15) is 0 Å². The van der Waals surface area contributed by atoms with Crippen LogP contribution in [0.25, 0.3) is 0 Å². The highest BCUT2D eigenvalue weighted by molar-refractivity contribution is 7.09. The van der Waals surface area contributed by atoms with Crippen LogP contribution in [0.2, 0.25) is 0 Å². The second-order valence-electron chi connectivity index (χ2n) is 6.39. The molecule has 2 aromatic rings. The molecule has 6 nitrogen and oxygen atoms in total. The van der Waals surface area contributed by atoms with Crippen LogP contribution in [0.15, 0.2) is 17.8 Å². The molecule has 0 aliphatic carbocycles. The molecule has 0 N–H and O–H groups in total. The van der Waals surface area contributed by atoms with Crippen LogP contribution in [-0.2, 0) is 11.3 Å². The largest absolute Gasteiger partial charge is 0.378 e. The van der Waals surface area contributed by atoms with Crippen molar-refractivity contribution in [2.45, 2.75) is 32.4 Å². The quantitative estimate of drug-likeness (QED) is 0.848. The maximum atomic E-state index is 5.73. The predicted molar refractivity (Wildman–Crippen MR) is 94.3 cm³/mol. The zero-order valence-corrected chi connectivity index (χ0v) is 14.8.